The largest absolute Gasteiger partial charge is 0.382 e. The summed E-state index contributed by atoms with van der Waals surface area (Å²) in [7, 11) is 1.98. The van der Waals surface area contributed by atoms with Gasteiger partial charge < -0.3 is 30.9 Å². The van der Waals surface area contributed by atoms with Crippen LogP contribution in [0.2, 0.25) is 0 Å². The first-order valence-corrected chi connectivity index (χ1v) is 8.65. The number of imidazole rings is 1. The number of anilines is 1. The molecule has 1 aliphatic heterocycles. The smallest absolute Gasteiger partial charge is 0.167 e. The van der Waals surface area contributed by atoms with Gasteiger partial charge in [0.25, 0.3) is 0 Å². The number of hydrogen-bond donors (Lipinski definition) is 3. The summed E-state index contributed by atoms with van der Waals surface area (Å²) in [6.45, 7) is 5.17. The van der Waals surface area contributed by atoms with Gasteiger partial charge >= 0.3 is 0 Å². The van der Waals surface area contributed by atoms with Crippen LogP contribution in [-0.2, 0) is 9.47 Å². The van der Waals surface area contributed by atoms with Crippen molar-refractivity contribution >= 4 is 17.0 Å². The van der Waals surface area contributed by atoms with Gasteiger partial charge in [-0.15, -0.1) is 0 Å². The fourth-order valence-corrected chi connectivity index (χ4v) is 3.23. The number of nitrogens with two attached hydrogens (primary N) is 2. The van der Waals surface area contributed by atoms with Crippen molar-refractivity contribution in [2.24, 2.45) is 5.73 Å². The Morgan fingerprint density at radius 1 is 1.42 bits per heavy atom. The van der Waals surface area contributed by atoms with Crippen molar-refractivity contribution in [3.8, 4) is 0 Å². The highest BCUT2D eigenvalue weighted by Crippen LogP contribution is 2.34. The normalized spacial score (nSPS) is 24.0. The summed E-state index contributed by atoms with van der Waals surface area (Å²) in [6, 6.07) is 0. The summed E-state index contributed by atoms with van der Waals surface area (Å²) < 4.78 is 13.9. The number of rotatable bonds is 7. The first-order chi connectivity index (χ1) is 12.3. The molecule has 0 spiro atoms. The van der Waals surface area contributed by atoms with Crippen molar-refractivity contribution in [2.45, 2.75) is 44.5 Å². The molecule has 1 saturated heterocycles. The lowest BCUT2D eigenvalue weighted by atomic mass is 10.1. The van der Waals surface area contributed by atoms with Crippen LogP contribution in [0.5, 0.6) is 0 Å². The molecular formula is C16H27N7O3. The number of nitrogens with zero attached hydrogens (tertiary/aromatic N) is 5. The second kappa shape index (κ2) is 7.41. The molecular weight excluding hydrogens is 338 g/mol. The molecule has 144 valence electrons. The van der Waals surface area contributed by atoms with Crippen LogP contribution in [-0.4, -0.2) is 74.2 Å². The Labute approximate surface area is 152 Å². The second-order valence-electron chi connectivity index (χ2n) is 7.10. The van der Waals surface area contributed by atoms with Gasteiger partial charge in [0.15, 0.2) is 17.3 Å². The van der Waals surface area contributed by atoms with E-state index in [1.54, 1.807) is 20.2 Å². The monoisotopic (exact) mass is 365 g/mol. The van der Waals surface area contributed by atoms with E-state index in [2.05, 4.69) is 19.9 Å². The van der Waals surface area contributed by atoms with Gasteiger partial charge in [0, 0.05) is 26.1 Å². The van der Waals surface area contributed by atoms with Crippen LogP contribution >= 0.6 is 0 Å². The predicted molar refractivity (Wildman–Crippen MR) is 96.0 cm³/mol. The number of hydrogen-bond acceptors (Lipinski definition) is 9. The molecule has 3 heterocycles. The van der Waals surface area contributed by atoms with Gasteiger partial charge in [0.1, 0.15) is 18.1 Å². The molecule has 3 atom stereocenters. The van der Waals surface area contributed by atoms with Gasteiger partial charge in [-0.05, 0) is 20.9 Å². The van der Waals surface area contributed by atoms with Crippen molar-refractivity contribution in [2.75, 3.05) is 32.4 Å². The quantitative estimate of drug-likeness (QED) is 0.564. The van der Waals surface area contributed by atoms with Crippen LogP contribution < -0.4 is 11.5 Å². The van der Waals surface area contributed by atoms with Crippen molar-refractivity contribution in [3.05, 3.63) is 12.7 Å². The topological polar surface area (TPSA) is 138 Å². The number of aromatic nitrogens is 4. The SMILES string of the molecule is CN(CCN)CC1OC(n2cnc3c(N)ncnc32)CC1OC(C)(C)O. The van der Waals surface area contributed by atoms with E-state index in [1.165, 1.54) is 6.33 Å². The fourth-order valence-electron chi connectivity index (χ4n) is 3.23. The molecule has 10 heteroatoms. The Morgan fingerprint density at radius 2 is 2.19 bits per heavy atom. The average Bonchev–Trinajstić information content (AvgIpc) is 3.11. The molecule has 0 aliphatic carbocycles. The number of fused-ring (bicyclic) bond motifs is 1. The molecule has 1 fully saturated rings. The Balaban J connectivity index is 1.83. The van der Waals surface area contributed by atoms with Gasteiger partial charge in [-0.1, -0.05) is 0 Å². The van der Waals surface area contributed by atoms with E-state index in [0.717, 1.165) is 6.54 Å². The maximum Gasteiger partial charge on any atom is 0.167 e. The minimum atomic E-state index is -1.25. The zero-order valence-electron chi connectivity index (χ0n) is 15.4. The molecule has 2 aromatic heterocycles. The van der Waals surface area contributed by atoms with Crippen LogP contribution in [0.4, 0.5) is 5.82 Å². The molecule has 10 nitrogen and oxygen atoms in total. The molecule has 0 saturated carbocycles. The lowest BCUT2D eigenvalue weighted by molar-refractivity contribution is -0.215. The van der Waals surface area contributed by atoms with E-state index in [-0.39, 0.29) is 18.4 Å². The molecule has 2 aromatic rings. The molecule has 0 radical (unpaired) electrons. The molecule has 3 rings (SSSR count). The second-order valence-corrected chi connectivity index (χ2v) is 7.10. The van der Waals surface area contributed by atoms with E-state index in [1.807, 2.05) is 11.6 Å². The highest BCUT2D eigenvalue weighted by atomic mass is 16.6. The maximum atomic E-state index is 10.1. The zero-order chi connectivity index (χ0) is 18.9. The third-order valence-electron chi connectivity index (χ3n) is 4.32. The fraction of sp³-hybridized carbons (Fsp3) is 0.688. The van der Waals surface area contributed by atoms with E-state index in [0.29, 0.717) is 36.5 Å². The molecule has 0 aromatic carbocycles. The van der Waals surface area contributed by atoms with E-state index < -0.39 is 5.79 Å². The van der Waals surface area contributed by atoms with Gasteiger partial charge in [0.2, 0.25) is 0 Å². The van der Waals surface area contributed by atoms with Crippen molar-refractivity contribution in [1.29, 1.82) is 0 Å². The van der Waals surface area contributed by atoms with Crippen molar-refractivity contribution in [3.63, 3.8) is 0 Å². The van der Waals surface area contributed by atoms with Crippen LogP contribution in [0.1, 0.15) is 26.5 Å². The third kappa shape index (κ3) is 4.10. The molecule has 1 aliphatic rings. The first-order valence-electron chi connectivity index (χ1n) is 8.65. The maximum absolute atomic E-state index is 10.1. The summed E-state index contributed by atoms with van der Waals surface area (Å²) in [5.74, 6) is -0.924. The van der Waals surface area contributed by atoms with Gasteiger partial charge in [-0.2, -0.15) is 0 Å². The number of ether oxygens (including phenoxy) is 2. The summed E-state index contributed by atoms with van der Waals surface area (Å²) >= 11 is 0. The first kappa shape index (κ1) is 18.9. The zero-order valence-corrected chi connectivity index (χ0v) is 15.4. The molecule has 0 bridgehead atoms. The Morgan fingerprint density at radius 3 is 2.88 bits per heavy atom. The predicted octanol–water partition coefficient (Wildman–Crippen LogP) is -0.300. The molecule has 0 amide bonds. The number of likely N-dealkylation sites (N-methyl/N-ethyl adjacent to an activating group) is 1. The van der Waals surface area contributed by atoms with E-state index in [9.17, 15) is 5.11 Å². The lowest BCUT2D eigenvalue weighted by Gasteiger charge is -2.28. The average molecular weight is 365 g/mol. The van der Waals surface area contributed by atoms with Gasteiger partial charge in [0.05, 0.1) is 18.5 Å². The van der Waals surface area contributed by atoms with Gasteiger partial charge in [-0.3, -0.25) is 4.57 Å². The van der Waals surface area contributed by atoms with Crippen LogP contribution in [0.15, 0.2) is 12.7 Å². The standard InChI is InChI=1S/C16H27N7O3/c1-16(2,24)26-10-6-12(25-11(10)7-22(3)5-4-17)23-9-21-13-14(18)19-8-20-15(13)23/h8-12,24H,4-7,17H2,1-3H3,(H2,18,19,20). The highest BCUT2D eigenvalue weighted by Gasteiger charge is 2.40. The lowest BCUT2D eigenvalue weighted by Crippen LogP contribution is -2.41. The Bertz CT molecular complexity index is 745. The summed E-state index contributed by atoms with van der Waals surface area (Å²) in [6.07, 6.45) is 2.78. The Hall–Kier alpha value is -1.85. The van der Waals surface area contributed by atoms with Crippen LogP contribution in [0, 0.1) is 0 Å². The van der Waals surface area contributed by atoms with Crippen molar-refractivity contribution < 1.29 is 14.6 Å². The summed E-state index contributed by atoms with van der Waals surface area (Å²) in [5.41, 5.74) is 12.6. The Kier molecular flexibility index (Phi) is 5.39. The number of nitrogen functional groups attached to an aromatic ring is 1. The van der Waals surface area contributed by atoms with Crippen LogP contribution in [0.25, 0.3) is 11.2 Å². The minimum absolute atomic E-state index is 0.223. The molecule has 3 unspecified atom stereocenters. The minimum Gasteiger partial charge on any atom is -0.382 e. The van der Waals surface area contributed by atoms with E-state index >= 15 is 0 Å². The third-order valence-corrected chi connectivity index (χ3v) is 4.32. The molecule has 26 heavy (non-hydrogen) atoms. The highest BCUT2D eigenvalue weighted by molar-refractivity contribution is 5.81. The van der Waals surface area contributed by atoms with E-state index in [4.69, 9.17) is 20.9 Å². The molecule has 5 N–H and O–H groups in total. The summed E-state index contributed by atoms with van der Waals surface area (Å²) in [4.78, 5) is 14.6. The number of aliphatic hydroxyl groups is 1. The van der Waals surface area contributed by atoms with Crippen LogP contribution in [0.3, 0.4) is 0 Å². The van der Waals surface area contributed by atoms with Gasteiger partial charge in [-0.25, -0.2) is 15.0 Å². The summed E-state index contributed by atoms with van der Waals surface area (Å²) in [5, 5.41) is 10.1. The van der Waals surface area contributed by atoms with Crippen molar-refractivity contribution in [1.82, 2.24) is 24.4 Å².